The summed E-state index contributed by atoms with van der Waals surface area (Å²) in [5, 5.41) is 4.21. The third-order valence-electron chi connectivity index (χ3n) is 3.30. The van der Waals surface area contributed by atoms with Crippen LogP contribution in [0.25, 0.3) is 5.52 Å². The number of carbonyl (C=O) groups is 1. The summed E-state index contributed by atoms with van der Waals surface area (Å²) in [7, 11) is 0. The molecule has 1 saturated heterocycles. The maximum absolute atomic E-state index is 11.8. The van der Waals surface area contributed by atoms with Crippen LogP contribution in [-0.4, -0.2) is 34.7 Å². The van der Waals surface area contributed by atoms with Crippen molar-refractivity contribution in [2.24, 2.45) is 0 Å². The molecule has 2 aromatic heterocycles. The zero-order valence-corrected chi connectivity index (χ0v) is 10.8. The van der Waals surface area contributed by atoms with Gasteiger partial charge in [-0.1, -0.05) is 6.92 Å². The number of nitrogens with zero attached hydrogens (tertiary/aromatic N) is 2. The minimum absolute atomic E-state index is 0.105. The van der Waals surface area contributed by atoms with Crippen molar-refractivity contribution < 1.29 is 14.3 Å². The number of aromatic nitrogens is 2. The molecule has 1 atom stereocenters. The van der Waals surface area contributed by atoms with Crippen molar-refractivity contribution in [3.8, 4) is 5.75 Å². The van der Waals surface area contributed by atoms with E-state index in [0.29, 0.717) is 18.6 Å². The molecule has 1 fully saturated rings. The van der Waals surface area contributed by atoms with Crippen molar-refractivity contribution >= 4 is 11.3 Å². The third kappa shape index (κ3) is 2.33. The van der Waals surface area contributed by atoms with Crippen molar-refractivity contribution in [2.45, 2.75) is 25.9 Å². The van der Waals surface area contributed by atoms with E-state index in [1.807, 2.05) is 19.1 Å². The molecular formula is C14H16N2O3. The molecule has 0 N–H and O–H groups in total. The maximum Gasteiger partial charge on any atom is 0.166 e. The lowest BCUT2D eigenvalue weighted by Crippen LogP contribution is -2.15. The molecule has 0 saturated carbocycles. The molecule has 0 amide bonds. The molecule has 19 heavy (non-hydrogen) atoms. The number of rotatable bonds is 4. The van der Waals surface area contributed by atoms with Crippen LogP contribution in [0.3, 0.4) is 0 Å². The summed E-state index contributed by atoms with van der Waals surface area (Å²) in [6.07, 6.45) is 4.93. The highest BCUT2D eigenvalue weighted by Crippen LogP contribution is 2.20. The van der Waals surface area contributed by atoms with Gasteiger partial charge in [0.15, 0.2) is 5.78 Å². The Labute approximate surface area is 111 Å². The molecule has 100 valence electrons. The largest absolute Gasteiger partial charge is 0.486 e. The van der Waals surface area contributed by atoms with E-state index in [9.17, 15) is 4.79 Å². The SMILES string of the molecule is CCC(=O)c1cnn2cc(OC3CCOC3)ccc12. The number of hydrogen-bond acceptors (Lipinski definition) is 4. The summed E-state index contributed by atoms with van der Waals surface area (Å²) >= 11 is 0. The standard InChI is InChI=1S/C14H16N2O3/c1-2-14(17)12-7-15-16-8-10(3-4-13(12)16)19-11-5-6-18-9-11/h3-4,7-8,11H,2,5-6,9H2,1H3. The Morgan fingerprint density at radius 1 is 1.58 bits per heavy atom. The Hall–Kier alpha value is -1.88. The topological polar surface area (TPSA) is 52.8 Å². The number of pyridine rings is 1. The molecule has 0 aromatic carbocycles. The quantitative estimate of drug-likeness (QED) is 0.790. The van der Waals surface area contributed by atoms with Gasteiger partial charge in [-0.3, -0.25) is 4.79 Å². The molecule has 0 radical (unpaired) electrons. The van der Waals surface area contributed by atoms with Crippen molar-refractivity contribution in [1.29, 1.82) is 0 Å². The summed E-state index contributed by atoms with van der Waals surface area (Å²) < 4.78 is 12.8. The normalized spacial score (nSPS) is 18.9. The number of ketones is 1. The van der Waals surface area contributed by atoms with Crippen molar-refractivity contribution in [2.75, 3.05) is 13.2 Å². The monoisotopic (exact) mass is 260 g/mol. The van der Waals surface area contributed by atoms with Crippen molar-refractivity contribution in [3.63, 3.8) is 0 Å². The Kier molecular flexibility index (Phi) is 3.21. The zero-order valence-electron chi connectivity index (χ0n) is 10.8. The lowest BCUT2D eigenvalue weighted by atomic mass is 10.1. The fourth-order valence-electron chi connectivity index (χ4n) is 2.24. The molecule has 2 aromatic rings. The molecule has 3 rings (SSSR count). The van der Waals surface area contributed by atoms with Gasteiger partial charge in [0.2, 0.25) is 0 Å². The molecule has 5 nitrogen and oxygen atoms in total. The minimum Gasteiger partial charge on any atom is -0.486 e. The number of hydrogen-bond donors (Lipinski definition) is 0. The second kappa shape index (κ2) is 5.01. The van der Waals surface area contributed by atoms with E-state index in [2.05, 4.69) is 5.10 Å². The van der Waals surface area contributed by atoms with Gasteiger partial charge in [0.1, 0.15) is 11.9 Å². The van der Waals surface area contributed by atoms with Crippen molar-refractivity contribution in [1.82, 2.24) is 9.61 Å². The second-order valence-corrected chi connectivity index (χ2v) is 4.63. The van der Waals surface area contributed by atoms with E-state index in [-0.39, 0.29) is 11.9 Å². The van der Waals surface area contributed by atoms with E-state index in [0.717, 1.165) is 24.3 Å². The highest BCUT2D eigenvalue weighted by Gasteiger charge is 2.18. The number of Topliss-reactive ketones (excluding diaryl/α,β-unsaturated/α-hetero) is 1. The predicted octanol–water partition coefficient (Wildman–Crippen LogP) is 2.09. The highest BCUT2D eigenvalue weighted by atomic mass is 16.5. The first kappa shape index (κ1) is 12.2. The van der Waals surface area contributed by atoms with Crippen molar-refractivity contribution in [3.05, 3.63) is 30.1 Å². The molecule has 5 heteroatoms. The fraction of sp³-hybridized carbons (Fsp3) is 0.429. The lowest BCUT2D eigenvalue weighted by Gasteiger charge is -2.11. The predicted molar refractivity (Wildman–Crippen MR) is 69.7 cm³/mol. The van der Waals surface area contributed by atoms with Gasteiger partial charge in [-0.15, -0.1) is 0 Å². The molecule has 0 bridgehead atoms. The van der Waals surface area contributed by atoms with Crippen LogP contribution in [0.2, 0.25) is 0 Å². The van der Waals surface area contributed by atoms with Crippen LogP contribution in [0.5, 0.6) is 5.75 Å². The van der Waals surface area contributed by atoms with Crippen LogP contribution >= 0.6 is 0 Å². The molecule has 0 spiro atoms. The summed E-state index contributed by atoms with van der Waals surface area (Å²) in [4.78, 5) is 11.8. The van der Waals surface area contributed by atoms with Gasteiger partial charge >= 0.3 is 0 Å². The van der Waals surface area contributed by atoms with Gasteiger partial charge in [0.05, 0.1) is 36.7 Å². The first-order valence-corrected chi connectivity index (χ1v) is 6.53. The number of ether oxygens (including phenoxy) is 2. The molecule has 3 heterocycles. The summed E-state index contributed by atoms with van der Waals surface area (Å²) in [6, 6.07) is 3.75. The van der Waals surface area contributed by atoms with Crippen LogP contribution in [0.4, 0.5) is 0 Å². The minimum atomic E-state index is 0.105. The fourth-order valence-corrected chi connectivity index (χ4v) is 2.24. The van der Waals surface area contributed by atoms with Gasteiger partial charge in [-0.2, -0.15) is 5.10 Å². The van der Waals surface area contributed by atoms with E-state index >= 15 is 0 Å². The number of carbonyl (C=O) groups excluding carboxylic acids is 1. The Balaban J connectivity index is 1.87. The third-order valence-corrected chi connectivity index (χ3v) is 3.30. The van der Waals surface area contributed by atoms with Gasteiger partial charge in [-0.05, 0) is 12.1 Å². The Morgan fingerprint density at radius 3 is 3.21 bits per heavy atom. The number of fused-ring (bicyclic) bond motifs is 1. The van der Waals surface area contributed by atoms with E-state index in [1.165, 1.54) is 0 Å². The van der Waals surface area contributed by atoms with Crippen LogP contribution in [0.1, 0.15) is 30.1 Å². The molecule has 1 aliphatic heterocycles. The average Bonchev–Trinajstić information content (AvgIpc) is 3.06. The van der Waals surface area contributed by atoms with Gasteiger partial charge in [-0.25, -0.2) is 4.52 Å². The average molecular weight is 260 g/mol. The van der Waals surface area contributed by atoms with E-state index in [1.54, 1.807) is 16.9 Å². The smallest absolute Gasteiger partial charge is 0.166 e. The maximum atomic E-state index is 11.8. The summed E-state index contributed by atoms with van der Waals surface area (Å²) in [5.41, 5.74) is 1.49. The Bertz CT molecular complexity index is 600. The summed E-state index contributed by atoms with van der Waals surface area (Å²) in [6.45, 7) is 3.24. The van der Waals surface area contributed by atoms with Gasteiger partial charge < -0.3 is 9.47 Å². The molecular weight excluding hydrogens is 244 g/mol. The molecule has 0 aliphatic carbocycles. The van der Waals surface area contributed by atoms with Crippen LogP contribution in [0.15, 0.2) is 24.5 Å². The van der Waals surface area contributed by atoms with E-state index in [4.69, 9.17) is 9.47 Å². The van der Waals surface area contributed by atoms with Crippen LogP contribution in [0, 0.1) is 0 Å². The lowest BCUT2D eigenvalue weighted by molar-refractivity contribution is 0.0989. The van der Waals surface area contributed by atoms with Gasteiger partial charge in [0, 0.05) is 12.8 Å². The molecule has 1 unspecified atom stereocenters. The Morgan fingerprint density at radius 2 is 2.47 bits per heavy atom. The first-order chi connectivity index (χ1) is 9.28. The first-order valence-electron chi connectivity index (χ1n) is 6.53. The van der Waals surface area contributed by atoms with Crippen LogP contribution in [-0.2, 0) is 4.74 Å². The second-order valence-electron chi connectivity index (χ2n) is 4.63. The summed E-state index contributed by atoms with van der Waals surface area (Å²) in [5.74, 6) is 0.856. The van der Waals surface area contributed by atoms with E-state index < -0.39 is 0 Å². The molecule has 1 aliphatic rings. The van der Waals surface area contributed by atoms with Gasteiger partial charge in [0.25, 0.3) is 0 Å². The zero-order chi connectivity index (χ0) is 13.2. The van der Waals surface area contributed by atoms with Crippen LogP contribution < -0.4 is 4.74 Å². The highest BCUT2D eigenvalue weighted by molar-refractivity contribution is 6.01.